The van der Waals surface area contributed by atoms with Gasteiger partial charge in [-0.1, -0.05) is 12.2 Å². The van der Waals surface area contributed by atoms with Crippen LogP contribution in [-0.2, 0) is 0 Å². The van der Waals surface area contributed by atoms with Gasteiger partial charge in [0.15, 0.2) is 11.5 Å². The molecule has 0 spiro atoms. The van der Waals surface area contributed by atoms with Crippen molar-refractivity contribution in [3.8, 4) is 23.0 Å². The Balaban J connectivity index is 1.99. The van der Waals surface area contributed by atoms with Crippen LogP contribution in [-0.4, -0.2) is 26.4 Å². The standard InChI is InChI=1S/C20H20O4S/c1-12-7-15-16(21)8-13(11-19(15)25-12)5-6-14-9-17(22-2)20(24-4)18(10-14)23-3/h5-11,21H,1-4H3/b6-5+. The first-order valence-electron chi connectivity index (χ1n) is 7.77. The van der Waals surface area contributed by atoms with E-state index < -0.39 is 0 Å². The molecule has 0 saturated carbocycles. The Kier molecular flexibility index (Phi) is 4.86. The van der Waals surface area contributed by atoms with E-state index >= 15 is 0 Å². The maximum atomic E-state index is 10.2. The highest BCUT2D eigenvalue weighted by atomic mass is 32.1. The van der Waals surface area contributed by atoms with E-state index in [1.165, 1.54) is 4.88 Å². The summed E-state index contributed by atoms with van der Waals surface area (Å²) in [6, 6.07) is 9.60. The number of hydrogen-bond donors (Lipinski definition) is 1. The van der Waals surface area contributed by atoms with Gasteiger partial charge in [0.05, 0.1) is 21.3 Å². The second-order valence-corrected chi connectivity index (χ2v) is 6.89. The van der Waals surface area contributed by atoms with E-state index in [4.69, 9.17) is 14.2 Å². The maximum absolute atomic E-state index is 10.2. The fourth-order valence-electron chi connectivity index (χ4n) is 2.75. The van der Waals surface area contributed by atoms with Gasteiger partial charge in [0.1, 0.15) is 5.75 Å². The predicted molar refractivity (Wildman–Crippen MR) is 103 cm³/mol. The molecule has 1 heterocycles. The van der Waals surface area contributed by atoms with Crippen LogP contribution in [0.1, 0.15) is 16.0 Å². The number of ether oxygens (including phenoxy) is 3. The number of phenolic OH excluding ortho intramolecular Hbond substituents is 1. The van der Waals surface area contributed by atoms with Crippen molar-refractivity contribution in [1.29, 1.82) is 0 Å². The van der Waals surface area contributed by atoms with Crippen LogP contribution in [0.3, 0.4) is 0 Å². The van der Waals surface area contributed by atoms with Crippen LogP contribution in [0.4, 0.5) is 0 Å². The van der Waals surface area contributed by atoms with Gasteiger partial charge >= 0.3 is 0 Å². The molecule has 2 aromatic carbocycles. The van der Waals surface area contributed by atoms with E-state index in [0.29, 0.717) is 23.0 Å². The lowest BCUT2D eigenvalue weighted by atomic mass is 10.1. The second kappa shape index (κ2) is 7.07. The Morgan fingerprint density at radius 3 is 2.00 bits per heavy atom. The molecule has 0 saturated heterocycles. The smallest absolute Gasteiger partial charge is 0.203 e. The normalized spacial score (nSPS) is 11.2. The molecule has 0 aliphatic rings. The molecule has 0 atom stereocenters. The number of hydrogen-bond acceptors (Lipinski definition) is 5. The van der Waals surface area contributed by atoms with Crippen molar-refractivity contribution in [2.45, 2.75) is 6.92 Å². The Hall–Kier alpha value is -2.66. The number of phenols is 1. The van der Waals surface area contributed by atoms with E-state index in [1.54, 1.807) is 38.7 Å². The lowest BCUT2D eigenvalue weighted by molar-refractivity contribution is 0.324. The van der Waals surface area contributed by atoms with Crippen LogP contribution in [0, 0.1) is 6.92 Å². The van der Waals surface area contributed by atoms with Crippen LogP contribution >= 0.6 is 11.3 Å². The zero-order valence-corrected chi connectivity index (χ0v) is 15.4. The fourth-order valence-corrected chi connectivity index (χ4v) is 3.75. The van der Waals surface area contributed by atoms with Gasteiger partial charge in [-0.2, -0.15) is 0 Å². The molecule has 3 aromatic rings. The first-order chi connectivity index (χ1) is 12.0. The van der Waals surface area contributed by atoms with E-state index in [-0.39, 0.29) is 0 Å². The van der Waals surface area contributed by atoms with Gasteiger partial charge in [-0.05, 0) is 48.4 Å². The summed E-state index contributed by atoms with van der Waals surface area (Å²) in [6.45, 7) is 2.04. The fraction of sp³-hybridized carbons (Fsp3) is 0.200. The lowest BCUT2D eigenvalue weighted by Crippen LogP contribution is -1.95. The van der Waals surface area contributed by atoms with Crippen molar-refractivity contribution in [1.82, 2.24) is 0 Å². The average molecular weight is 356 g/mol. The Labute approximate surface area is 150 Å². The average Bonchev–Trinajstić information content (AvgIpc) is 2.99. The SMILES string of the molecule is COc1cc(/C=C/c2cc(O)c3cc(C)sc3c2)cc(OC)c1OC. The molecule has 0 aliphatic heterocycles. The molecule has 0 radical (unpaired) electrons. The Morgan fingerprint density at radius 2 is 1.44 bits per heavy atom. The van der Waals surface area contributed by atoms with Gasteiger partial charge in [-0.25, -0.2) is 0 Å². The van der Waals surface area contributed by atoms with Gasteiger partial charge in [-0.3, -0.25) is 0 Å². The third kappa shape index (κ3) is 3.42. The number of benzene rings is 2. The molecular formula is C20H20O4S. The number of rotatable bonds is 5. The van der Waals surface area contributed by atoms with Crippen LogP contribution in [0.5, 0.6) is 23.0 Å². The van der Waals surface area contributed by atoms with Gasteiger partial charge in [0.2, 0.25) is 5.75 Å². The number of methoxy groups -OCH3 is 3. The molecule has 4 nitrogen and oxygen atoms in total. The largest absolute Gasteiger partial charge is 0.507 e. The van der Waals surface area contributed by atoms with Crippen LogP contribution < -0.4 is 14.2 Å². The van der Waals surface area contributed by atoms with Crippen molar-refractivity contribution in [2.75, 3.05) is 21.3 Å². The summed E-state index contributed by atoms with van der Waals surface area (Å²) < 4.78 is 17.2. The van der Waals surface area contributed by atoms with Gasteiger partial charge in [-0.15, -0.1) is 11.3 Å². The first-order valence-corrected chi connectivity index (χ1v) is 8.58. The molecule has 0 bridgehead atoms. The third-order valence-corrected chi connectivity index (χ3v) is 4.91. The number of thiophene rings is 1. The Morgan fingerprint density at radius 1 is 0.840 bits per heavy atom. The lowest BCUT2D eigenvalue weighted by Gasteiger charge is -2.12. The zero-order chi connectivity index (χ0) is 18.0. The third-order valence-electron chi connectivity index (χ3n) is 3.92. The maximum Gasteiger partial charge on any atom is 0.203 e. The zero-order valence-electron chi connectivity index (χ0n) is 14.6. The summed E-state index contributed by atoms with van der Waals surface area (Å²) >= 11 is 1.67. The molecule has 0 fully saturated rings. The topological polar surface area (TPSA) is 47.9 Å². The van der Waals surface area contributed by atoms with Crippen LogP contribution in [0.25, 0.3) is 22.2 Å². The first kappa shape index (κ1) is 17.2. The van der Waals surface area contributed by atoms with Crippen molar-refractivity contribution in [3.05, 3.63) is 46.3 Å². The summed E-state index contributed by atoms with van der Waals surface area (Å²) in [5.41, 5.74) is 1.84. The molecule has 5 heteroatoms. The second-order valence-electron chi connectivity index (χ2n) is 5.60. The molecule has 1 N–H and O–H groups in total. The molecule has 1 aromatic heterocycles. The summed E-state index contributed by atoms with van der Waals surface area (Å²) in [6.07, 6.45) is 3.90. The van der Waals surface area contributed by atoms with Crippen LogP contribution in [0.2, 0.25) is 0 Å². The molecule has 0 aliphatic carbocycles. The number of aryl methyl sites for hydroxylation is 1. The monoisotopic (exact) mass is 356 g/mol. The highest BCUT2D eigenvalue weighted by Gasteiger charge is 2.12. The minimum Gasteiger partial charge on any atom is -0.507 e. The summed E-state index contributed by atoms with van der Waals surface area (Å²) in [5.74, 6) is 2.07. The predicted octanol–water partition coefficient (Wildman–Crippen LogP) is 5.11. The van der Waals surface area contributed by atoms with E-state index in [0.717, 1.165) is 21.2 Å². The molecule has 0 unspecified atom stereocenters. The van der Waals surface area contributed by atoms with Crippen LogP contribution in [0.15, 0.2) is 30.3 Å². The van der Waals surface area contributed by atoms with Gasteiger partial charge in [0, 0.05) is 15.0 Å². The van der Waals surface area contributed by atoms with Crippen molar-refractivity contribution >= 4 is 33.6 Å². The Bertz CT molecular complexity index is 915. The summed E-state index contributed by atoms with van der Waals surface area (Å²) in [7, 11) is 4.77. The number of fused-ring (bicyclic) bond motifs is 1. The molecule has 3 rings (SSSR count). The quantitative estimate of drug-likeness (QED) is 0.645. The highest BCUT2D eigenvalue weighted by molar-refractivity contribution is 7.19. The van der Waals surface area contributed by atoms with E-state index in [1.807, 2.05) is 37.3 Å². The minimum atomic E-state index is 0.298. The van der Waals surface area contributed by atoms with E-state index in [9.17, 15) is 5.11 Å². The van der Waals surface area contributed by atoms with Gasteiger partial charge < -0.3 is 19.3 Å². The van der Waals surface area contributed by atoms with Gasteiger partial charge in [0.25, 0.3) is 0 Å². The molecule has 0 amide bonds. The van der Waals surface area contributed by atoms with Crippen molar-refractivity contribution < 1.29 is 19.3 Å². The highest BCUT2D eigenvalue weighted by Crippen LogP contribution is 2.39. The van der Waals surface area contributed by atoms with Crippen molar-refractivity contribution in [3.63, 3.8) is 0 Å². The summed E-state index contributed by atoms with van der Waals surface area (Å²) in [4.78, 5) is 1.18. The van der Waals surface area contributed by atoms with E-state index in [2.05, 4.69) is 6.07 Å². The summed E-state index contributed by atoms with van der Waals surface area (Å²) in [5, 5.41) is 11.1. The molecule has 130 valence electrons. The minimum absolute atomic E-state index is 0.298. The molecular weight excluding hydrogens is 336 g/mol. The van der Waals surface area contributed by atoms with Crippen molar-refractivity contribution in [2.24, 2.45) is 0 Å². The molecule has 25 heavy (non-hydrogen) atoms. The number of aromatic hydroxyl groups is 1.